The molecular weight excluding hydrogens is 236 g/mol. The Labute approximate surface area is 115 Å². The molecular formula is C16H22N2O. The van der Waals surface area contributed by atoms with Crippen LogP contribution < -0.4 is 4.90 Å². The molecule has 19 heavy (non-hydrogen) atoms. The molecule has 0 N–H and O–H groups in total. The maximum absolute atomic E-state index is 12.5. The van der Waals surface area contributed by atoms with Crippen LogP contribution in [-0.2, 0) is 11.2 Å². The maximum atomic E-state index is 12.5. The Balaban J connectivity index is 2.23. The third-order valence-electron chi connectivity index (χ3n) is 3.81. The van der Waals surface area contributed by atoms with Gasteiger partial charge in [0.25, 0.3) is 0 Å². The van der Waals surface area contributed by atoms with Crippen molar-refractivity contribution < 1.29 is 4.79 Å². The Bertz CT molecular complexity index is 470. The predicted molar refractivity (Wildman–Crippen MR) is 79.4 cm³/mol. The summed E-state index contributed by atoms with van der Waals surface area (Å²) in [6.45, 7) is 10.3. The molecule has 0 bridgehead atoms. The Morgan fingerprint density at radius 1 is 1.37 bits per heavy atom. The van der Waals surface area contributed by atoms with E-state index < -0.39 is 0 Å². The molecule has 102 valence electrons. The van der Waals surface area contributed by atoms with Crippen LogP contribution >= 0.6 is 0 Å². The van der Waals surface area contributed by atoms with Crippen molar-refractivity contribution in [3.8, 4) is 0 Å². The average Bonchev–Trinajstić information content (AvgIpc) is 2.44. The second-order valence-corrected chi connectivity index (χ2v) is 4.93. The van der Waals surface area contributed by atoms with E-state index in [1.165, 1.54) is 5.56 Å². The van der Waals surface area contributed by atoms with Gasteiger partial charge >= 0.3 is 0 Å². The molecule has 1 unspecified atom stereocenters. The fourth-order valence-electron chi connectivity index (χ4n) is 2.64. The lowest BCUT2D eigenvalue weighted by Gasteiger charge is -2.39. The lowest BCUT2D eigenvalue weighted by Crippen LogP contribution is -2.56. The van der Waals surface area contributed by atoms with Crippen molar-refractivity contribution in [2.45, 2.75) is 26.3 Å². The monoisotopic (exact) mass is 258 g/mol. The molecule has 0 saturated carbocycles. The highest BCUT2D eigenvalue weighted by Crippen LogP contribution is 2.24. The van der Waals surface area contributed by atoms with Gasteiger partial charge in [-0.1, -0.05) is 31.2 Å². The van der Waals surface area contributed by atoms with Gasteiger partial charge in [-0.05, 0) is 25.0 Å². The van der Waals surface area contributed by atoms with Gasteiger partial charge in [-0.15, -0.1) is 6.58 Å². The van der Waals surface area contributed by atoms with E-state index in [-0.39, 0.29) is 11.9 Å². The number of para-hydroxylation sites is 1. The number of anilines is 1. The van der Waals surface area contributed by atoms with Gasteiger partial charge < -0.3 is 4.90 Å². The Morgan fingerprint density at radius 2 is 2.11 bits per heavy atom. The number of hydrogen-bond donors (Lipinski definition) is 0. The molecule has 1 aromatic carbocycles. The molecule has 3 heteroatoms. The molecule has 0 aromatic heterocycles. The summed E-state index contributed by atoms with van der Waals surface area (Å²) in [5.41, 5.74) is 2.31. The van der Waals surface area contributed by atoms with Gasteiger partial charge in [-0.25, -0.2) is 0 Å². The van der Waals surface area contributed by atoms with Crippen LogP contribution in [0.1, 0.15) is 19.4 Å². The summed E-state index contributed by atoms with van der Waals surface area (Å²) < 4.78 is 0. The minimum Gasteiger partial charge on any atom is -0.310 e. The van der Waals surface area contributed by atoms with Crippen LogP contribution in [0.15, 0.2) is 36.9 Å². The largest absolute Gasteiger partial charge is 0.310 e. The highest BCUT2D eigenvalue weighted by atomic mass is 16.2. The molecule has 1 aliphatic rings. The molecule has 1 amide bonds. The van der Waals surface area contributed by atoms with Gasteiger partial charge in [0.05, 0.1) is 6.04 Å². The lowest BCUT2D eigenvalue weighted by atomic mass is 10.1. The molecule has 3 nitrogen and oxygen atoms in total. The molecule has 0 aliphatic carbocycles. The summed E-state index contributed by atoms with van der Waals surface area (Å²) in [6.07, 6.45) is 2.81. The number of aryl methyl sites for hydroxylation is 1. The number of piperazine rings is 1. The van der Waals surface area contributed by atoms with Gasteiger partial charge in [0.2, 0.25) is 5.91 Å². The number of benzene rings is 1. The molecule has 0 radical (unpaired) electrons. The zero-order valence-corrected chi connectivity index (χ0v) is 11.8. The minimum absolute atomic E-state index is 0.0725. The number of hydrogen-bond acceptors (Lipinski definition) is 2. The van der Waals surface area contributed by atoms with Crippen molar-refractivity contribution in [1.29, 1.82) is 0 Å². The Kier molecular flexibility index (Phi) is 4.38. The molecule has 1 aliphatic heterocycles. The summed E-state index contributed by atoms with van der Waals surface area (Å²) in [5.74, 6) is 0.189. The first-order valence-corrected chi connectivity index (χ1v) is 6.93. The van der Waals surface area contributed by atoms with E-state index in [2.05, 4.69) is 24.5 Å². The van der Waals surface area contributed by atoms with Crippen molar-refractivity contribution >= 4 is 11.6 Å². The van der Waals surface area contributed by atoms with Crippen LogP contribution in [0.5, 0.6) is 0 Å². The quantitative estimate of drug-likeness (QED) is 0.775. The zero-order valence-electron chi connectivity index (χ0n) is 11.8. The standard InChI is InChI=1S/C16H22N2O/c1-4-10-17-11-12-18(16(19)13(17)3)15-9-7-6-8-14(15)5-2/h4,6-9,13H,1,5,10-12H2,2-3H3. The van der Waals surface area contributed by atoms with E-state index in [0.29, 0.717) is 0 Å². The van der Waals surface area contributed by atoms with Crippen molar-refractivity contribution in [1.82, 2.24) is 4.90 Å². The van der Waals surface area contributed by atoms with Crippen LogP contribution in [0.3, 0.4) is 0 Å². The van der Waals surface area contributed by atoms with Gasteiger partial charge in [0.1, 0.15) is 0 Å². The predicted octanol–water partition coefficient (Wildman–Crippen LogP) is 2.47. The van der Waals surface area contributed by atoms with Crippen LogP contribution in [0.25, 0.3) is 0 Å². The van der Waals surface area contributed by atoms with Gasteiger partial charge in [-0.3, -0.25) is 9.69 Å². The van der Waals surface area contributed by atoms with Gasteiger partial charge in [-0.2, -0.15) is 0 Å². The first kappa shape index (κ1) is 13.8. The smallest absolute Gasteiger partial charge is 0.244 e. The lowest BCUT2D eigenvalue weighted by molar-refractivity contribution is -0.124. The molecule has 1 saturated heterocycles. The third kappa shape index (κ3) is 2.71. The SMILES string of the molecule is C=CCN1CCN(c2ccccc2CC)C(=O)C1C. The maximum Gasteiger partial charge on any atom is 0.244 e. The van der Waals surface area contributed by atoms with Gasteiger partial charge in [0, 0.05) is 25.3 Å². The van der Waals surface area contributed by atoms with Crippen LogP contribution in [0.2, 0.25) is 0 Å². The third-order valence-corrected chi connectivity index (χ3v) is 3.81. The number of carbonyl (C=O) groups is 1. The fourth-order valence-corrected chi connectivity index (χ4v) is 2.64. The number of amides is 1. The molecule has 1 aromatic rings. The van der Waals surface area contributed by atoms with E-state index in [1.807, 2.05) is 36.1 Å². The highest BCUT2D eigenvalue weighted by Gasteiger charge is 2.32. The number of rotatable bonds is 4. The summed E-state index contributed by atoms with van der Waals surface area (Å²) in [4.78, 5) is 16.6. The fraction of sp³-hybridized carbons (Fsp3) is 0.438. The van der Waals surface area contributed by atoms with E-state index in [1.54, 1.807) is 0 Å². The Morgan fingerprint density at radius 3 is 2.79 bits per heavy atom. The van der Waals surface area contributed by atoms with Crippen molar-refractivity contribution in [3.05, 3.63) is 42.5 Å². The van der Waals surface area contributed by atoms with Crippen molar-refractivity contribution in [2.75, 3.05) is 24.5 Å². The van der Waals surface area contributed by atoms with E-state index in [9.17, 15) is 4.79 Å². The first-order valence-electron chi connectivity index (χ1n) is 6.93. The summed E-state index contributed by atoms with van der Waals surface area (Å²) in [5, 5.41) is 0. The van der Waals surface area contributed by atoms with E-state index in [0.717, 1.165) is 31.7 Å². The van der Waals surface area contributed by atoms with Crippen LogP contribution in [-0.4, -0.2) is 36.5 Å². The van der Waals surface area contributed by atoms with E-state index in [4.69, 9.17) is 0 Å². The molecule has 1 heterocycles. The van der Waals surface area contributed by atoms with E-state index >= 15 is 0 Å². The van der Waals surface area contributed by atoms with Gasteiger partial charge in [0.15, 0.2) is 0 Å². The zero-order chi connectivity index (χ0) is 13.8. The molecule has 0 spiro atoms. The topological polar surface area (TPSA) is 23.6 Å². The Hall–Kier alpha value is -1.61. The highest BCUT2D eigenvalue weighted by molar-refractivity contribution is 5.98. The summed E-state index contributed by atoms with van der Waals surface area (Å²) in [6, 6.07) is 8.11. The van der Waals surface area contributed by atoms with Crippen molar-refractivity contribution in [2.24, 2.45) is 0 Å². The second kappa shape index (κ2) is 6.02. The van der Waals surface area contributed by atoms with Crippen LogP contribution in [0, 0.1) is 0 Å². The first-order chi connectivity index (χ1) is 9.19. The number of carbonyl (C=O) groups excluding carboxylic acids is 1. The van der Waals surface area contributed by atoms with Crippen LogP contribution in [0.4, 0.5) is 5.69 Å². The summed E-state index contributed by atoms with van der Waals surface area (Å²) >= 11 is 0. The minimum atomic E-state index is -0.0725. The molecule has 1 fully saturated rings. The molecule has 2 rings (SSSR count). The summed E-state index contributed by atoms with van der Waals surface area (Å²) in [7, 11) is 0. The number of nitrogens with zero attached hydrogens (tertiary/aromatic N) is 2. The average molecular weight is 258 g/mol. The molecule has 1 atom stereocenters. The van der Waals surface area contributed by atoms with Crippen molar-refractivity contribution in [3.63, 3.8) is 0 Å². The second-order valence-electron chi connectivity index (χ2n) is 4.93. The normalized spacial score (nSPS) is 20.6.